The van der Waals surface area contributed by atoms with Gasteiger partial charge in [-0.15, -0.1) is 0 Å². The summed E-state index contributed by atoms with van der Waals surface area (Å²) in [6.07, 6.45) is 17.8. The molecule has 4 atom stereocenters. The van der Waals surface area contributed by atoms with Crippen molar-refractivity contribution in [2.24, 2.45) is 29.6 Å². The maximum absolute atomic E-state index is 14.0. The number of hydrogen-bond acceptors (Lipinski definition) is 0. The predicted octanol–water partition coefficient (Wildman–Crippen LogP) is 8.57. The second kappa shape index (κ2) is 9.48. The molecule has 1 aromatic rings. The van der Waals surface area contributed by atoms with E-state index in [0.717, 1.165) is 48.0 Å². The molecule has 3 aliphatic carbocycles. The number of fused-ring (bicyclic) bond motifs is 1. The molecular formula is C27H40F2. The first-order valence-electron chi connectivity index (χ1n) is 12.5. The summed E-state index contributed by atoms with van der Waals surface area (Å²) in [6, 6.07) is 3.20. The second-order valence-corrected chi connectivity index (χ2v) is 10.7. The summed E-state index contributed by atoms with van der Waals surface area (Å²) in [5.74, 6) is 4.18. The largest absolute Gasteiger partial charge is 0.207 e. The van der Waals surface area contributed by atoms with Gasteiger partial charge in [0.05, 0.1) is 0 Å². The first-order chi connectivity index (χ1) is 14.0. The van der Waals surface area contributed by atoms with E-state index < -0.39 is 0 Å². The van der Waals surface area contributed by atoms with Crippen LogP contribution in [0.2, 0.25) is 0 Å². The summed E-state index contributed by atoms with van der Waals surface area (Å²) >= 11 is 0. The molecule has 4 unspecified atom stereocenters. The lowest BCUT2D eigenvalue weighted by atomic mass is 9.63. The smallest absolute Gasteiger partial charge is 0.129 e. The van der Waals surface area contributed by atoms with Gasteiger partial charge in [0.2, 0.25) is 0 Å². The molecule has 0 aromatic heterocycles. The first kappa shape index (κ1) is 21.3. The van der Waals surface area contributed by atoms with Gasteiger partial charge in [0.15, 0.2) is 0 Å². The lowest BCUT2D eigenvalue weighted by Gasteiger charge is -2.43. The Kier molecular flexibility index (Phi) is 6.97. The molecule has 3 aliphatic rings. The van der Waals surface area contributed by atoms with Gasteiger partial charge in [-0.25, -0.2) is 8.78 Å². The molecule has 2 heteroatoms. The van der Waals surface area contributed by atoms with Crippen molar-refractivity contribution in [3.63, 3.8) is 0 Å². The van der Waals surface area contributed by atoms with Gasteiger partial charge in [0.1, 0.15) is 11.6 Å². The highest BCUT2D eigenvalue weighted by Crippen LogP contribution is 2.49. The molecule has 0 amide bonds. The molecule has 0 saturated heterocycles. The summed E-state index contributed by atoms with van der Waals surface area (Å²) in [5.41, 5.74) is 1.06. The number of halogens is 2. The van der Waals surface area contributed by atoms with Gasteiger partial charge in [-0.1, -0.05) is 58.3 Å². The molecule has 1 aromatic carbocycles. The summed E-state index contributed by atoms with van der Waals surface area (Å²) in [7, 11) is 0. The summed E-state index contributed by atoms with van der Waals surface area (Å²) in [6.45, 7) is 3.88. The first-order valence-corrected chi connectivity index (χ1v) is 12.5. The maximum atomic E-state index is 14.0. The molecule has 0 heterocycles. The van der Waals surface area contributed by atoms with E-state index in [1.54, 1.807) is 12.1 Å². The van der Waals surface area contributed by atoms with Crippen LogP contribution in [0.3, 0.4) is 0 Å². The van der Waals surface area contributed by atoms with Gasteiger partial charge in [0.25, 0.3) is 0 Å². The van der Waals surface area contributed by atoms with E-state index >= 15 is 0 Å². The third kappa shape index (κ3) is 5.05. The third-order valence-corrected chi connectivity index (χ3v) is 9.02. The Morgan fingerprint density at radius 3 is 1.97 bits per heavy atom. The topological polar surface area (TPSA) is 0 Å². The van der Waals surface area contributed by atoms with E-state index in [0.29, 0.717) is 5.92 Å². The highest BCUT2D eigenvalue weighted by Gasteiger charge is 2.36. The summed E-state index contributed by atoms with van der Waals surface area (Å²) < 4.78 is 28.0. The number of hydrogen-bond donors (Lipinski definition) is 0. The quantitative estimate of drug-likeness (QED) is 0.462. The van der Waals surface area contributed by atoms with Crippen LogP contribution in [-0.2, 0) is 0 Å². The van der Waals surface area contributed by atoms with Gasteiger partial charge in [0, 0.05) is 5.56 Å². The van der Waals surface area contributed by atoms with Crippen molar-refractivity contribution in [3.05, 3.63) is 34.9 Å². The average molecular weight is 403 g/mol. The summed E-state index contributed by atoms with van der Waals surface area (Å²) in [5, 5.41) is 0. The average Bonchev–Trinajstić information content (AvgIpc) is 2.75. The van der Waals surface area contributed by atoms with Crippen molar-refractivity contribution in [2.75, 3.05) is 0 Å². The zero-order chi connectivity index (χ0) is 20.4. The van der Waals surface area contributed by atoms with Crippen molar-refractivity contribution in [3.8, 4) is 0 Å². The Balaban J connectivity index is 1.25. The number of benzene rings is 1. The van der Waals surface area contributed by atoms with Crippen LogP contribution in [0.5, 0.6) is 0 Å². The van der Waals surface area contributed by atoms with E-state index in [4.69, 9.17) is 0 Å². The summed E-state index contributed by atoms with van der Waals surface area (Å²) in [4.78, 5) is 0. The molecule has 3 saturated carbocycles. The maximum Gasteiger partial charge on any atom is 0.129 e. The van der Waals surface area contributed by atoms with Gasteiger partial charge in [-0.3, -0.25) is 0 Å². The fraction of sp³-hybridized carbons (Fsp3) is 0.778. The molecule has 0 aliphatic heterocycles. The van der Waals surface area contributed by atoms with E-state index in [2.05, 4.69) is 6.92 Å². The van der Waals surface area contributed by atoms with E-state index in [1.165, 1.54) is 77.6 Å². The third-order valence-electron chi connectivity index (χ3n) is 9.02. The van der Waals surface area contributed by atoms with Gasteiger partial charge in [-0.2, -0.15) is 0 Å². The molecule has 0 bridgehead atoms. The fourth-order valence-electron chi connectivity index (χ4n) is 6.85. The Hall–Kier alpha value is -0.920. The molecule has 0 nitrogen and oxygen atoms in total. The zero-order valence-electron chi connectivity index (χ0n) is 18.6. The zero-order valence-corrected chi connectivity index (χ0v) is 18.6. The highest BCUT2D eigenvalue weighted by molar-refractivity contribution is 5.28. The minimum atomic E-state index is -0.376. The molecule has 4 rings (SSSR count). The molecule has 3 fully saturated rings. The van der Waals surface area contributed by atoms with Gasteiger partial charge >= 0.3 is 0 Å². The van der Waals surface area contributed by atoms with Gasteiger partial charge in [-0.05, 0) is 92.2 Å². The minimum absolute atomic E-state index is 0.158. The molecule has 29 heavy (non-hydrogen) atoms. The van der Waals surface area contributed by atoms with Crippen molar-refractivity contribution >= 4 is 0 Å². The highest BCUT2D eigenvalue weighted by atomic mass is 19.1. The minimum Gasteiger partial charge on any atom is -0.207 e. The molecule has 0 N–H and O–H groups in total. The van der Waals surface area contributed by atoms with Crippen molar-refractivity contribution in [2.45, 2.75) is 103 Å². The fourth-order valence-corrected chi connectivity index (χ4v) is 6.85. The van der Waals surface area contributed by atoms with Crippen molar-refractivity contribution < 1.29 is 8.78 Å². The Morgan fingerprint density at radius 2 is 1.28 bits per heavy atom. The molecule has 0 radical (unpaired) electrons. The van der Waals surface area contributed by atoms with Crippen LogP contribution in [0.1, 0.15) is 107 Å². The SMILES string of the molecule is CCC1CCC(CCC2CCC3CC(c4cc(F)c(C)c(F)c4)CCC3C2)CC1. The number of rotatable bonds is 5. The van der Waals surface area contributed by atoms with Crippen LogP contribution in [0.15, 0.2) is 12.1 Å². The lowest BCUT2D eigenvalue weighted by Crippen LogP contribution is -2.30. The van der Waals surface area contributed by atoms with E-state index in [-0.39, 0.29) is 17.2 Å². The normalized spacial score (nSPS) is 35.3. The monoisotopic (exact) mass is 402 g/mol. The van der Waals surface area contributed by atoms with Crippen LogP contribution < -0.4 is 0 Å². The second-order valence-electron chi connectivity index (χ2n) is 10.7. The Labute approximate surface area is 176 Å². The molecular weight excluding hydrogens is 362 g/mol. The van der Waals surface area contributed by atoms with Crippen molar-refractivity contribution in [1.82, 2.24) is 0 Å². The molecule has 162 valence electrons. The Morgan fingerprint density at radius 1 is 0.724 bits per heavy atom. The molecule has 0 spiro atoms. The van der Waals surface area contributed by atoms with Crippen LogP contribution in [0, 0.1) is 48.1 Å². The van der Waals surface area contributed by atoms with Crippen LogP contribution >= 0.6 is 0 Å². The van der Waals surface area contributed by atoms with Crippen LogP contribution in [0.25, 0.3) is 0 Å². The standard InChI is InChI=1S/C27H40F2/c1-3-19-4-6-20(7-5-19)8-9-21-10-11-23-15-24(13-12-22(23)14-21)25-16-26(28)18(2)27(29)17-25/h16-17,19-24H,3-15H2,1-2H3. The Bertz CT molecular complexity index is 650. The van der Waals surface area contributed by atoms with Gasteiger partial charge < -0.3 is 0 Å². The van der Waals surface area contributed by atoms with Crippen LogP contribution in [-0.4, -0.2) is 0 Å². The van der Waals surface area contributed by atoms with E-state index in [9.17, 15) is 8.78 Å². The van der Waals surface area contributed by atoms with E-state index in [1.807, 2.05) is 0 Å². The van der Waals surface area contributed by atoms with Crippen LogP contribution in [0.4, 0.5) is 8.78 Å². The van der Waals surface area contributed by atoms with Crippen molar-refractivity contribution in [1.29, 1.82) is 0 Å². The lowest BCUT2D eigenvalue weighted by molar-refractivity contribution is 0.108. The predicted molar refractivity (Wildman–Crippen MR) is 117 cm³/mol.